The molecule has 134 valence electrons. The van der Waals surface area contributed by atoms with Crippen LogP contribution in [0.25, 0.3) is 0 Å². The molecule has 6 nitrogen and oxygen atoms in total. The molecular formula is C19H24N2O4. The summed E-state index contributed by atoms with van der Waals surface area (Å²) in [6.45, 7) is 1.34. The Morgan fingerprint density at radius 3 is 2.52 bits per heavy atom. The van der Waals surface area contributed by atoms with E-state index in [0.29, 0.717) is 32.4 Å². The molecular weight excluding hydrogens is 320 g/mol. The summed E-state index contributed by atoms with van der Waals surface area (Å²) >= 11 is 0. The quantitative estimate of drug-likeness (QED) is 0.907. The third-order valence-electron chi connectivity index (χ3n) is 5.10. The molecule has 2 saturated heterocycles. The molecule has 2 aliphatic rings. The van der Waals surface area contributed by atoms with Crippen LogP contribution in [-0.4, -0.2) is 52.3 Å². The molecule has 2 aliphatic heterocycles. The van der Waals surface area contributed by atoms with Crippen molar-refractivity contribution in [1.29, 1.82) is 0 Å². The first kappa shape index (κ1) is 17.5. The summed E-state index contributed by atoms with van der Waals surface area (Å²) in [6, 6.07) is 8.68. The summed E-state index contributed by atoms with van der Waals surface area (Å²) in [5.74, 6) is -1.54. The summed E-state index contributed by atoms with van der Waals surface area (Å²) in [7, 11) is 0. The Kier molecular flexibility index (Phi) is 5.36. The number of nitrogens with zero attached hydrogens (tertiary/aromatic N) is 2. The number of amides is 2. The van der Waals surface area contributed by atoms with Crippen LogP contribution in [0.2, 0.25) is 0 Å². The average Bonchev–Trinajstić information content (AvgIpc) is 2.64. The summed E-state index contributed by atoms with van der Waals surface area (Å²) < 4.78 is 0. The molecule has 1 N–H and O–H groups in total. The van der Waals surface area contributed by atoms with Gasteiger partial charge in [-0.05, 0) is 31.2 Å². The van der Waals surface area contributed by atoms with Gasteiger partial charge in [0, 0.05) is 26.1 Å². The van der Waals surface area contributed by atoms with Crippen LogP contribution in [0.15, 0.2) is 30.3 Å². The lowest BCUT2D eigenvalue weighted by molar-refractivity contribution is -0.152. The van der Waals surface area contributed by atoms with Crippen LogP contribution in [0.5, 0.6) is 0 Å². The Morgan fingerprint density at radius 1 is 1.08 bits per heavy atom. The summed E-state index contributed by atoms with van der Waals surface area (Å²) in [4.78, 5) is 40.3. The van der Waals surface area contributed by atoms with Gasteiger partial charge in [0.25, 0.3) is 0 Å². The van der Waals surface area contributed by atoms with Crippen molar-refractivity contribution in [1.82, 2.24) is 9.80 Å². The minimum Gasteiger partial charge on any atom is -0.481 e. The number of carboxylic acid groups (broad SMARTS) is 1. The van der Waals surface area contributed by atoms with Crippen LogP contribution < -0.4 is 0 Å². The van der Waals surface area contributed by atoms with Gasteiger partial charge in [-0.25, -0.2) is 0 Å². The zero-order valence-electron chi connectivity index (χ0n) is 14.3. The lowest BCUT2D eigenvalue weighted by Gasteiger charge is -2.39. The fourth-order valence-electron chi connectivity index (χ4n) is 3.74. The summed E-state index contributed by atoms with van der Waals surface area (Å²) in [5.41, 5.74) is 0.792. The smallest absolute Gasteiger partial charge is 0.308 e. The number of carbonyl (C=O) groups is 3. The summed E-state index contributed by atoms with van der Waals surface area (Å²) in [6.07, 6.45) is 3.49. The van der Waals surface area contributed by atoms with Gasteiger partial charge in [-0.15, -0.1) is 0 Å². The van der Waals surface area contributed by atoms with Crippen molar-refractivity contribution in [3.05, 3.63) is 35.9 Å². The SMILES string of the molecule is O=C(O)[C@@H]1CCCN(C(=O)[C@H](c2ccccc2)N2CCCCC2=O)C1. The number of benzene rings is 1. The topological polar surface area (TPSA) is 77.9 Å². The third kappa shape index (κ3) is 3.83. The van der Waals surface area contributed by atoms with Gasteiger partial charge in [-0.1, -0.05) is 30.3 Å². The maximum atomic E-state index is 13.3. The fraction of sp³-hybridized carbons (Fsp3) is 0.526. The number of likely N-dealkylation sites (tertiary alicyclic amines) is 2. The highest BCUT2D eigenvalue weighted by molar-refractivity contribution is 5.89. The van der Waals surface area contributed by atoms with Crippen molar-refractivity contribution < 1.29 is 19.5 Å². The Labute approximate surface area is 147 Å². The Bertz CT molecular complexity index is 646. The van der Waals surface area contributed by atoms with Gasteiger partial charge in [-0.2, -0.15) is 0 Å². The molecule has 0 unspecified atom stereocenters. The largest absolute Gasteiger partial charge is 0.481 e. The monoisotopic (exact) mass is 344 g/mol. The van der Waals surface area contributed by atoms with E-state index in [1.165, 1.54) is 0 Å². The van der Waals surface area contributed by atoms with Gasteiger partial charge in [0.15, 0.2) is 0 Å². The van der Waals surface area contributed by atoms with Crippen molar-refractivity contribution in [3.8, 4) is 0 Å². The molecule has 2 heterocycles. The van der Waals surface area contributed by atoms with Crippen LogP contribution in [0, 0.1) is 5.92 Å². The average molecular weight is 344 g/mol. The molecule has 3 rings (SSSR count). The van der Waals surface area contributed by atoms with Crippen LogP contribution in [-0.2, 0) is 14.4 Å². The molecule has 0 spiro atoms. The molecule has 1 aromatic rings. The Morgan fingerprint density at radius 2 is 1.84 bits per heavy atom. The molecule has 0 aromatic heterocycles. The minimum absolute atomic E-state index is 0.000229. The number of piperidine rings is 2. The highest BCUT2D eigenvalue weighted by Crippen LogP contribution is 2.29. The second-order valence-electron chi connectivity index (χ2n) is 6.82. The third-order valence-corrected chi connectivity index (χ3v) is 5.10. The highest BCUT2D eigenvalue weighted by Gasteiger charge is 2.37. The van der Waals surface area contributed by atoms with E-state index in [2.05, 4.69) is 0 Å². The number of hydrogen-bond donors (Lipinski definition) is 1. The molecule has 0 bridgehead atoms. The van der Waals surface area contributed by atoms with Crippen LogP contribution in [0.1, 0.15) is 43.7 Å². The van der Waals surface area contributed by atoms with Crippen LogP contribution >= 0.6 is 0 Å². The highest BCUT2D eigenvalue weighted by atomic mass is 16.4. The van der Waals surface area contributed by atoms with E-state index in [1.54, 1.807) is 9.80 Å². The first-order valence-electron chi connectivity index (χ1n) is 8.94. The van der Waals surface area contributed by atoms with Crippen molar-refractivity contribution in [2.75, 3.05) is 19.6 Å². The van der Waals surface area contributed by atoms with Crippen molar-refractivity contribution in [2.24, 2.45) is 5.92 Å². The van der Waals surface area contributed by atoms with E-state index in [9.17, 15) is 19.5 Å². The van der Waals surface area contributed by atoms with Gasteiger partial charge < -0.3 is 14.9 Å². The molecule has 1 aromatic carbocycles. The molecule has 25 heavy (non-hydrogen) atoms. The molecule has 0 saturated carbocycles. The molecule has 2 atom stereocenters. The zero-order valence-corrected chi connectivity index (χ0v) is 14.3. The lowest BCUT2D eigenvalue weighted by atomic mass is 9.95. The van der Waals surface area contributed by atoms with Gasteiger partial charge >= 0.3 is 5.97 Å². The molecule has 2 fully saturated rings. The van der Waals surface area contributed by atoms with E-state index < -0.39 is 17.9 Å². The van der Waals surface area contributed by atoms with E-state index in [4.69, 9.17) is 0 Å². The maximum Gasteiger partial charge on any atom is 0.308 e. The number of rotatable bonds is 4. The van der Waals surface area contributed by atoms with E-state index in [-0.39, 0.29) is 18.4 Å². The van der Waals surface area contributed by atoms with Crippen LogP contribution in [0.3, 0.4) is 0 Å². The summed E-state index contributed by atoms with van der Waals surface area (Å²) in [5, 5.41) is 9.28. The number of hydrogen-bond acceptors (Lipinski definition) is 3. The molecule has 0 aliphatic carbocycles. The first-order valence-corrected chi connectivity index (χ1v) is 8.94. The predicted octanol–water partition coefficient (Wildman–Crippen LogP) is 2.06. The van der Waals surface area contributed by atoms with Crippen molar-refractivity contribution in [3.63, 3.8) is 0 Å². The van der Waals surface area contributed by atoms with Crippen molar-refractivity contribution in [2.45, 2.75) is 38.1 Å². The normalized spacial score (nSPS) is 22.6. The predicted molar refractivity (Wildman–Crippen MR) is 91.7 cm³/mol. The molecule has 6 heteroatoms. The minimum atomic E-state index is -0.859. The van der Waals surface area contributed by atoms with Gasteiger partial charge in [-0.3, -0.25) is 14.4 Å². The van der Waals surface area contributed by atoms with Gasteiger partial charge in [0.2, 0.25) is 11.8 Å². The Balaban J connectivity index is 1.87. The number of carbonyl (C=O) groups excluding carboxylic acids is 2. The number of carboxylic acids is 1. The lowest BCUT2D eigenvalue weighted by Crippen LogP contribution is -2.50. The van der Waals surface area contributed by atoms with Crippen molar-refractivity contribution >= 4 is 17.8 Å². The van der Waals surface area contributed by atoms with Gasteiger partial charge in [0.1, 0.15) is 6.04 Å². The fourth-order valence-corrected chi connectivity index (χ4v) is 3.74. The zero-order chi connectivity index (χ0) is 17.8. The van der Waals surface area contributed by atoms with E-state index in [1.807, 2.05) is 30.3 Å². The van der Waals surface area contributed by atoms with E-state index in [0.717, 1.165) is 18.4 Å². The van der Waals surface area contributed by atoms with E-state index >= 15 is 0 Å². The first-order chi connectivity index (χ1) is 12.1. The molecule has 2 amide bonds. The Hall–Kier alpha value is -2.37. The standard InChI is InChI=1S/C19H24N2O4/c22-16-10-4-5-12-21(16)17(14-7-2-1-3-8-14)18(23)20-11-6-9-15(13-20)19(24)25/h1-3,7-8,15,17H,4-6,9-13H2,(H,24,25)/t15-,17+/m1/s1. The van der Waals surface area contributed by atoms with Crippen LogP contribution in [0.4, 0.5) is 0 Å². The number of aliphatic carboxylic acids is 1. The second kappa shape index (κ2) is 7.68. The maximum absolute atomic E-state index is 13.3. The second-order valence-corrected chi connectivity index (χ2v) is 6.82. The molecule has 0 radical (unpaired) electrons. The van der Waals surface area contributed by atoms with Gasteiger partial charge in [0.05, 0.1) is 5.92 Å².